The number of aliphatic hydroxyl groups is 1. The molecule has 0 saturated heterocycles. The van der Waals surface area contributed by atoms with E-state index in [-0.39, 0.29) is 19.8 Å². The van der Waals surface area contributed by atoms with E-state index in [1.807, 2.05) is 13.8 Å². The molecule has 0 aliphatic heterocycles. The summed E-state index contributed by atoms with van der Waals surface area (Å²) in [4.78, 5) is 7.61. The van der Waals surface area contributed by atoms with E-state index in [0.717, 1.165) is 0 Å². The van der Waals surface area contributed by atoms with Gasteiger partial charge in [0.2, 0.25) is 0 Å². The van der Waals surface area contributed by atoms with Crippen LogP contribution in [0.4, 0.5) is 0 Å². The van der Waals surface area contributed by atoms with E-state index in [2.05, 4.69) is 35.0 Å². The lowest BCUT2D eigenvalue weighted by Gasteiger charge is -2.22. The highest BCUT2D eigenvalue weighted by Gasteiger charge is 2.15. The second kappa shape index (κ2) is 10.7. The van der Waals surface area contributed by atoms with E-state index in [9.17, 15) is 9.67 Å². The number of terminal acetylenes is 1. The van der Waals surface area contributed by atoms with Gasteiger partial charge in [0.05, 0.1) is 18.8 Å². The van der Waals surface area contributed by atoms with Crippen LogP contribution in [0.25, 0.3) is 0 Å². The SMILES string of the molecule is C#CCOCC(O)COC(C)(C)C=C.O=P(O)(Cl)Cl. The van der Waals surface area contributed by atoms with Crippen LogP contribution in [0, 0.1) is 12.3 Å². The second-order valence-electron chi connectivity index (χ2n) is 3.93. The minimum Gasteiger partial charge on any atom is -0.388 e. The number of halogens is 2. The maximum absolute atomic E-state index is 9.38. The van der Waals surface area contributed by atoms with Gasteiger partial charge in [0, 0.05) is 0 Å². The van der Waals surface area contributed by atoms with Crippen LogP contribution >= 0.6 is 28.6 Å². The van der Waals surface area contributed by atoms with Crippen LogP contribution in [0.1, 0.15) is 13.8 Å². The lowest BCUT2D eigenvalue weighted by molar-refractivity contribution is -0.0566. The van der Waals surface area contributed by atoms with Crippen molar-refractivity contribution in [1.29, 1.82) is 0 Å². The first-order valence-electron chi connectivity index (χ1n) is 5.20. The lowest BCUT2D eigenvalue weighted by Crippen LogP contribution is -2.29. The van der Waals surface area contributed by atoms with Crippen molar-refractivity contribution in [1.82, 2.24) is 0 Å². The number of hydrogen-bond donors (Lipinski definition) is 2. The molecule has 0 aromatic rings. The van der Waals surface area contributed by atoms with Crippen LogP contribution in [0.3, 0.4) is 0 Å². The number of ether oxygens (including phenoxy) is 2. The van der Waals surface area contributed by atoms with Gasteiger partial charge in [-0.05, 0) is 36.3 Å². The standard InChI is InChI=1S/C11H18O3.Cl2HO2P/c1-5-7-13-8-10(12)9-14-11(3,4)6-2;1-5(2,3)4/h1,6,10,12H,2,7-9H2,3-4H3;(H,3,4). The molecule has 0 aromatic heterocycles. The van der Waals surface area contributed by atoms with E-state index in [0.29, 0.717) is 0 Å². The number of hydrogen-bond acceptors (Lipinski definition) is 4. The second-order valence-corrected chi connectivity index (χ2v) is 8.06. The van der Waals surface area contributed by atoms with Crippen LogP contribution in [0.2, 0.25) is 0 Å². The minimum atomic E-state index is -3.69. The number of rotatable bonds is 7. The molecule has 0 heterocycles. The Bertz CT molecular complexity index is 326. The Morgan fingerprint density at radius 1 is 1.53 bits per heavy atom. The summed E-state index contributed by atoms with van der Waals surface area (Å²) >= 11 is 8.81. The summed E-state index contributed by atoms with van der Waals surface area (Å²) in [5, 5.41) is 9.38. The van der Waals surface area contributed by atoms with Crippen molar-refractivity contribution in [2.75, 3.05) is 19.8 Å². The van der Waals surface area contributed by atoms with Crippen molar-refractivity contribution in [3.05, 3.63) is 12.7 Å². The zero-order valence-electron chi connectivity index (χ0n) is 10.9. The molecule has 2 N–H and O–H groups in total. The van der Waals surface area contributed by atoms with Crippen molar-refractivity contribution >= 4 is 28.6 Å². The molecular formula is C11H19Cl2O5P. The molecule has 1 atom stereocenters. The molecular weight excluding hydrogens is 314 g/mol. The highest BCUT2D eigenvalue weighted by Crippen LogP contribution is 2.51. The molecule has 112 valence electrons. The van der Waals surface area contributed by atoms with Gasteiger partial charge in [-0.25, -0.2) is 0 Å². The van der Waals surface area contributed by atoms with Gasteiger partial charge in [0.25, 0.3) is 0 Å². The highest BCUT2D eigenvalue weighted by atomic mass is 35.9. The first-order chi connectivity index (χ1) is 8.52. The molecule has 0 aliphatic rings. The van der Waals surface area contributed by atoms with Gasteiger partial charge in [0.15, 0.2) is 0 Å². The van der Waals surface area contributed by atoms with Gasteiger partial charge in [-0.2, -0.15) is 0 Å². The zero-order chi connectivity index (χ0) is 15.5. The predicted octanol–water partition coefficient (Wildman–Crippen LogP) is 2.54. The van der Waals surface area contributed by atoms with Crippen LogP contribution < -0.4 is 0 Å². The Labute approximate surface area is 123 Å². The Hall–Kier alpha value is -0.0500. The lowest BCUT2D eigenvalue weighted by atomic mass is 10.1. The molecule has 0 rings (SSSR count). The Morgan fingerprint density at radius 2 is 2.00 bits per heavy atom. The fourth-order valence-corrected chi connectivity index (χ4v) is 0.672. The summed E-state index contributed by atoms with van der Waals surface area (Å²) in [7, 11) is 0. The fraction of sp³-hybridized carbons (Fsp3) is 0.636. The third-order valence-corrected chi connectivity index (χ3v) is 1.63. The van der Waals surface area contributed by atoms with Gasteiger partial charge < -0.3 is 19.5 Å². The topological polar surface area (TPSA) is 76.0 Å². The first-order valence-corrected chi connectivity index (χ1v) is 8.67. The molecule has 8 heteroatoms. The molecule has 0 fully saturated rings. The average Bonchev–Trinajstić information content (AvgIpc) is 2.25. The smallest absolute Gasteiger partial charge is 0.377 e. The van der Waals surface area contributed by atoms with E-state index in [4.69, 9.17) is 20.8 Å². The van der Waals surface area contributed by atoms with Crippen LogP contribution in [-0.2, 0) is 14.0 Å². The molecule has 0 bridgehead atoms. The van der Waals surface area contributed by atoms with Gasteiger partial charge in [-0.1, -0.05) is 12.0 Å². The zero-order valence-corrected chi connectivity index (χ0v) is 13.3. The average molecular weight is 333 g/mol. The summed E-state index contributed by atoms with van der Waals surface area (Å²) < 4.78 is 19.6. The van der Waals surface area contributed by atoms with Crippen LogP contribution in [0.15, 0.2) is 12.7 Å². The van der Waals surface area contributed by atoms with Gasteiger partial charge >= 0.3 is 6.07 Å². The monoisotopic (exact) mass is 332 g/mol. The third kappa shape index (κ3) is 23.5. The molecule has 0 radical (unpaired) electrons. The van der Waals surface area contributed by atoms with Gasteiger partial charge in [-0.3, -0.25) is 4.57 Å². The summed E-state index contributed by atoms with van der Waals surface area (Å²) in [6.07, 6.45) is 2.32. The fourth-order valence-electron chi connectivity index (χ4n) is 0.672. The minimum absolute atomic E-state index is 0.192. The summed E-state index contributed by atoms with van der Waals surface area (Å²) in [5.41, 5.74) is -0.424. The van der Waals surface area contributed by atoms with E-state index in [1.165, 1.54) is 0 Å². The van der Waals surface area contributed by atoms with Crippen molar-refractivity contribution in [3.8, 4) is 12.3 Å². The molecule has 0 spiro atoms. The molecule has 0 saturated carbocycles. The maximum atomic E-state index is 9.38. The van der Waals surface area contributed by atoms with E-state index >= 15 is 0 Å². The summed E-state index contributed by atoms with van der Waals surface area (Å²) in [6, 6.07) is 0. The molecule has 19 heavy (non-hydrogen) atoms. The van der Waals surface area contributed by atoms with E-state index in [1.54, 1.807) is 6.08 Å². The number of aliphatic hydroxyl groups excluding tert-OH is 1. The van der Waals surface area contributed by atoms with Crippen LogP contribution in [-0.4, -0.2) is 41.5 Å². The molecule has 5 nitrogen and oxygen atoms in total. The third-order valence-electron chi connectivity index (χ3n) is 1.63. The maximum Gasteiger partial charge on any atom is 0.377 e. The molecule has 0 aliphatic carbocycles. The van der Waals surface area contributed by atoms with Crippen molar-refractivity contribution in [2.45, 2.75) is 25.6 Å². The van der Waals surface area contributed by atoms with Crippen molar-refractivity contribution in [2.24, 2.45) is 0 Å². The Balaban J connectivity index is 0. The quantitative estimate of drug-likeness (QED) is 0.324. The van der Waals surface area contributed by atoms with E-state index < -0.39 is 17.8 Å². The molecule has 0 aromatic carbocycles. The largest absolute Gasteiger partial charge is 0.388 e. The summed E-state index contributed by atoms with van der Waals surface area (Å²) in [6.45, 7) is 7.98. The van der Waals surface area contributed by atoms with Crippen molar-refractivity contribution in [3.63, 3.8) is 0 Å². The predicted molar refractivity (Wildman–Crippen MR) is 77.4 cm³/mol. The molecule has 0 amide bonds. The van der Waals surface area contributed by atoms with Crippen molar-refractivity contribution < 1.29 is 24.0 Å². The Morgan fingerprint density at radius 3 is 2.37 bits per heavy atom. The normalized spacial score (nSPS) is 12.9. The van der Waals surface area contributed by atoms with Gasteiger partial charge in [-0.15, -0.1) is 13.0 Å². The Kier molecular flexibility index (Phi) is 12.0. The molecule has 1 unspecified atom stereocenters. The first kappa shape index (κ1) is 21.3. The van der Waals surface area contributed by atoms with Gasteiger partial charge in [0.1, 0.15) is 12.7 Å². The van der Waals surface area contributed by atoms with Crippen LogP contribution in [0.5, 0.6) is 0 Å². The summed E-state index contributed by atoms with van der Waals surface area (Å²) in [5.74, 6) is 2.32. The highest BCUT2D eigenvalue weighted by molar-refractivity contribution is 8.04.